The standard InChI is InChI=1S/C16H31N3S/c1-6-14(17)16(15-10-9-13(3)20-15)19(7-2)12-8-11-18(4)5/h9-10,14,16H,6-8,11-12,17H2,1-5H3. The predicted molar refractivity (Wildman–Crippen MR) is 90.5 cm³/mol. The molecule has 0 saturated heterocycles. The van der Waals surface area contributed by atoms with Gasteiger partial charge in [-0.1, -0.05) is 13.8 Å². The Kier molecular flexibility index (Phi) is 7.74. The largest absolute Gasteiger partial charge is 0.326 e. The average Bonchev–Trinajstić information content (AvgIpc) is 2.82. The molecule has 0 fully saturated rings. The summed E-state index contributed by atoms with van der Waals surface area (Å²) in [6.45, 7) is 9.91. The highest BCUT2D eigenvalue weighted by atomic mass is 32.1. The van der Waals surface area contributed by atoms with Gasteiger partial charge in [0.25, 0.3) is 0 Å². The van der Waals surface area contributed by atoms with Crippen LogP contribution in [0, 0.1) is 6.92 Å². The normalized spacial score (nSPS) is 15.0. The third kappa shape index (κ3) is 5.17. The van der Waals surface area contributed by atoms with Crippen molar-refractivity contribution in [2.24, 2.45) is 5.73 Å². The maximum Gasteiger partial charge on any atom is 0.0593 e. The van der Waals surface area contributed by atoms with Crippen molar-refractivity contribution in [1.29, 1.82) is 0 Å². The van der Waals surface area contributed by atoms with Crippen LogP contribution in [0.4, 0.5) is 0 Å². The van der Waals surface area contributed by atoms with Crippen LogP contribution in [0.2, 0.25) is 0 Å². The van der Waals surface area contributed by atoms with E-state index in [1.54, 1.807) is 0 Å². The molecule has 2 unspecified atom stereocenters. The molecule has 0 aliphatic heterocycles. The van der Waals surface area contributed by atoms with Crippen molar-refractivity contribution in [1.82, 2.24) is 9.80 Å². The summed E-state index contributed by atoms with van der Waals surface area (Å²) in [5.74, 6) is 0. The Morgan fingerprint density at radius 3 is 2.35 bits per heavy atom. The summed E-state index contributed by atoms with van der Waals surface area (Å²) in [4.78, 5) is 7.59. The van der Waals surface area contributed by atoms with Crippen molar-refractivity contribution in [2.75, 3.05) is 33.7 Å². The van der Waals surface area contributed by atoms with Crippen LogP contribution in [0.25, 0.3) is 0 Å². The maximum atomic E-state index is 6.42. The van der Waals surface area contributed by atoms with Crippen LogP contribution in [0.1, 0.15) is 42.5 Å². The predicted octanol–water partition coefficient (Wildman–Crippen LogP) is 3.11. The molecule has 1 heterocycles. The molecule has 3 nitrogen and oxygen atoms in total. The van der Waals surface area contributed by atoms with Gasteiger partial charge in [0, 0.05) is 22.3 Å². The van der Waals surface area contributed by atoms with E-state index < -0.39 is 0 Å². The molecule has 20 heavy (non-hydrogen) atoms. The molecule has 2 N–H and O–H groups in total. The number of nitrogens with zero attached hydrogens (tertiary/aromatic N) is 2. The first-order valence-corrected chi connectivity index (χ1v) is 8.51. The van der Waals surface area contributed by atoms with Gasteiger partial charge in [0.15, 0.2) is 0 Å². The summed E-state index contributed by atoms with van der Waals surface area (Å²) >= 11 is 1.89. The Balaban J connectivity index is 2.79. The summed E-state index contributed by atoms with van der Waals surface area (Å²) in [6, 6.07) is 5.05. The summed E-state index contributed by atoms with van der Waals surface area (Å²) < 4.78 is 0. The lowest BCUT2D eigenvalue weighted by atomic mass is 10.0. The fourth-order valence-electron chi connectivity index (χ4n) is 2.58. The number of rotatable bonds is 9. The SMILES string of the molecule is CCC(N)C(c1ccc(C)s1)N(CC)CCCN(C)C. The number of hydrogen-bond donors (Lipinski definition) is 1. The van der Waals surface area contributed by atoms with Crippen molar-refractivity contribution in [2.45, 2.75) is 45.7 Å². The molecular weight excluding hydrogens is 266 g/mol. The third-order valence-electron chi connectivity index (χ3n) is 3.78. The summed E-state index contributed by atoms with van der Waals surface area (Å²) in [5, 5.41) is 0. The zero-order valence-electron chi connectivity index (χ0n) is 13.7. The average molecular weight is 298 g/mol. The summed E-state index contributed by atoms with van der Waals surface area (Å²) in [5.41, 5.74) is 6.42. The minimum absolute atomic E-state index is 0.215. The Hall–Kier alpha value is -0.420. The van der Waals surface area contributed by atoms with Gasteiger partial charge in [-0.15, -0.1) is 11.3 Å². The number of likely N-dealkylation sites (N-methyl/N-ethyl adjacent to an activating group) is 1. The van der Waals surface area contributed by atoms with Crippen molar-refractivity contribution in [3.05, 3.63) is 21.9 Å². The highest BCUT2D eigenvalue weighted by Crippen LogP contribution is 2.30. The molecular formula is C16H31N3S. The van der Waals surface area contributed by atoms with Crippen molar-refractivity contribution < 1.29 is 0 Å². The highest BCUT2D eigenvalue weighted by molar-refractivity contribution is 7.12. The zero-order valence-corrected chi connectivity index (χ0v) is 14.5. The second-order valence-corrected chi connectivity index (χ2v) is 7.07. The summed E-state index contributed by atoms with van der Waals surface area (Å²) in [7, 11) is 4.27. The molecule has 4 heteroatoms. The number of hydrogen-bond acceptors (Lipinski definition) is 4. The lowest BCUT2D eigenvalue weighted by Crippen LogP contribution is -2.41. The summed E-state index contributed by atoms with van der Waals surface area (Å²) in [6.07, 6.45) is 2.21. The first-order valence-electron chi connectivity index (χ1n) is 7.70. The molecule has 0 saturated carbocycles. The van der Waals surface area contributed by atoms with Crippen molar-refractivity contribution in [3.63, 3.8) is 0 Å². The maximum absolute atomic E-state index is 6.42. The molecule has 2 atom stereocenters. The van der Waals surface area contributed by atoms with Gasteiger partial charge in [-0.25, -0.2) is 0 Å². The lowest BCUT2D eigenvalue weighted by molar-refractivity contribution is 0.173. The lowest BCUT2D eigenvalue weighted by Gasteiger charge is -2.34. The van der Waals surface area contributed by atoms with Gasteiger partial charge < -0.3 is 10.6 Å². The topological polar surface area (TPSA) is 32.5 Å². The van der Waals surface area contributed by atoms with E-state index in [0.29, 0.717) is 6.04 Å². The van der Waals surface area contributed by atoms with E-state index in [1.807, 2.05) is 11.3 Å². The van der Waals surface area contributed by atoms with Gasteiger partial charge >= 0.3 is 0 Å². The molecule has 0 radical (unpaired) electrons. The Labute approximate surface area is 128 Å². The highest BCUT2D eigenvalue weighted by Gasteiger charge is 2.25. The number of aryl methyl sites for hydroxylation is 1. The molecule has 1 aromatic heterocycles. The van der Waals surface area contributed by atoms with Crippen LogP contribution < -0.4 is 5.73 Å². The molecule has 1 rings (SSSR count). The minimum atomic E-state index is 0.215. The Bertz CT molecular complexity index is 376. The van der Waals surface area contributed by atoms with Crippen molar-refractivity contribution in [3.8, 4) is 0 Å². The molecule has 0 bridgehead atoms. The van der Waals surface area contributed by atoms with Crippen molar-refractivity contribution >= 4 is 11.3 Å². The third-order valence-corrected chi connectivity index (χ3v) is 4.85. The van der Waals surface area contributed by atoms with Crippen LogP contribution in [-0.4, -0.2) is 49.6 Å². The van der Waals surface area contributed by atoms with Gasteiger partial charge in [-0.2, -0.15) is 0 Å². The fraction of sp³-hybridized carbons (Fsp3) is 0.750. The quantitative estimate of drug-likeness (QED) is 0.760. The van der Waals surface area contributed by atoms with E-state index >= 15 is 0 Å². The molecule has 0 spiro atoms. The Morgan fingerprint density at radius 2 is 1.90 bits per heavy atom. The molecule has 0 aromatic carbocycles. The van der Waals surface area contributed by atoms with Crippen LogP contribution in [0.15, 0.2) is 12.1 Å². The second-order valence-electron chi connectivity index (χ2n) is 5.75. The van der Waals surface area contributed by atoms with E-state index in [2.05, 4.69) is 56.8 Å². The van der Waals surface area contributed by atoms with Gasteiger partial charge in [0.2, 0.25) is 0 Å². The van der Waals surface area contributed by atoms with E-state index in [0.717, 1.165) is 26.1 Å². The monoisotopic (exact) mass is 297 g/mol. The van der Waals surface area contributed by atoms with Crippen LogP contribution in [-0.2, 0) is 0 Å². The van der Waals surface area contributed by atoms with Gasteiger partial charge in [0.05, 0.1) is 6.04 Å². The molecule has 0 aliphatic rings. The van der Waals surface area contributed by atoms with Crippen LogP contribution in [0.5, 0.6) is 0 Å². The van der Waals surface area contributed by atoms with E-state index in [-0.39, 0.29) is 6.04 Å². The fourth-order valence-corrected chi connectivity index (χ4v) is 3.67. The second kappa shape index (κ2) is 8.78. The van der Waals surface area contributed by atoms with Crippen LogP contribution in [0.3, 0.4) is 0 Å². The first kappa shape index (κ1) is 17.6. The number of thiophene rings is 1. The molecule has 116 valence electrons. The van der Waals surface area contributed by atoms with Gasteiger partial charge in [0.1, 0.15) is 0 Å². The van der Waals surface area contributed by atoms with E-state index in [4.69, 9.17) is 5.73 Å². The molecule has 0 amide bonds. The molecule has 0 aliphatic carbocycles. The minimum Gasteiger partial charge on any atom is -0.326 e. The first-order chi connectivity index (χ1) is 9.49. The van der Waals surface area contributed by atoms with Gasteiger partial charge in [-0.05, 0) is 59.1 Å². The smallest absolute Gasteiger partial charge is 0.0593 e. The van der Waals surface area contributed by atoms with Crippen LogP contribution >= 0.6 is 11.3 Å². The van der Waals surface area contributed by atoms with E-state index in [9.17, 15) is 0 Å². The zero-order chi connectivity index (χ0) is 15.1. The Morgan fingerprint density at radius 1 is 1.20 bits per heavy atom. The molecule has 1 aromatic rings. The van der Waals surface area contributed by atoms with E-state index in [1.165, 1.54) is 16.2 Å². The van der Waals surface area contributed by atoms with Gasteiger partial charge in [-0.3, -0.25) is 4.90 Å². The number of nitrogens with two attached hydrogens (primary N) is 1.